The number of carbonyl (C=O) groups excluding carboxylic acids is 3. The van der Waals surface area contributed by atoms with Crippen LogP contribution in [0.4, 0.5) is 4.79 Å². The number of carbonyl (C=O) groups is 3. The zero-order valence-electron chi connectivity index (χ0n) is 16.8. The number of ether oxygens (including phenoxy) is 2. The molecule has 0 spiro atoms. The standard InChI is InChI=1S/C21H27N3O5/c1-13-5-3-4-6-15(13)22-18(25)12-24-19(26)21(2,23-20(24)27)14-7-8-16-17(11-14)29-10-9-28-16/h7-8,11,13,15H,3-6,9-10,12H2,1-2H3,(H,22,25)(H,23,27)/t13-,15-,21-/m1/s1. The largest absolute Gasteiger partial charge is 0.486 e. The van der Waals surface area contributed by atoms with Crippen LogP contribution in [0.1, 0.15) is 45.1 Å². The SMILES string of the molecule is C[C@@H]1CCCC[C@H]1NC(=O)CN1C(=O)N[C@](C)(c2ccc3c(c2)OCCO3)C1=O. The van der Waals surface area contributed by atoms with E-state index in [-0.39, 0.29) is 18.5 Å². The first-order valence-corrected chi connectivity index (χ1v) is 10.2. The second-order valence-electron chi connectivity index (χ2n) is 8.24. The van der Waals surface area contributed by atoms with Crippen molar-refractivity contribution in [2.75, 3.05) is 19.8 Å². The quantitative estimate of drug-likeness (QED) is 0.752. The average Bonchev–Trinajstić information content (AvgIpc) is 2.93. The van der Waals surface area contributed by atoms with Gasteiger partial charge in [-0.15, -0.1) is 0 Å². The van der Waals surface area contributed by atoms with E-state index >= 15 is 0 Å². The minimum atomic E-state index is -1.26. The molecule has 2 heterocycles. The van der Waals surface area contributed by atoms with E-state index < -0.39 is 17.5 Å². The maximum atomic E-state index is 13.1. The van der Waals surface area contributed by atoms with Crippen LogP contribution in [0.3, 0.4) is 0 Å². The zero-order chi connectivity index (χ0) is 20.6. The minimum absolute atomic E-state index is 0.0983. The van der Waals surface area contributed by atoms with Gasteiger partial charge in [0.25, 0.3) is 5.91 Å². The monoisotopic (exact) mass is 401 g/mol. The van der Waals surface area contributed by atoms with Crippen molar-refractivity contribution >= 4 is 17.8 Å². The molecule has 3 atom stereocenters. The average molecular weight is 401 g/mol. The number of hydrogen-bond donors (Lipinski definition) is 2. The summed E-state index contributed by atoms with van der Waals surface area (Å²) < 4.78 is 11.1. The highest BCUT2D eigenvalue weighted by molar-refractivity contribution is 6.09. The molecule has 29 heavy (non-hydrogen) atoms. The summed E-state index contributed by atoms with van der Waals surface area (Å²) in [5, 5.41) is 5.73. The third-order valence-electron chi connectivity index (χ3n) is 6.15. The van der Waals surface area contributed by atoms with E-state index in [1.807, 2.05) is 0 Å². The predicted octanol–water partition coefficient (Wildman–Crippen LogP) is 1.92. The van der Waals surface area contributed by atoms with E-state index in [2.05, 4.69) is 17.6 Å². The van der Waals surface area contributed by atoms with E-state index in [0.29, 0.717) is 36.2 Å². The zero-order valence-corrected chi connectivity index (χ0v) is 16.8. The molecule has 8 heteroatoms. The lowest BCUT2D eigenvalue weighted by molar-refractivity contribution is -0.135. The molecule has 8 nitrogen and oxygen atoms in total. The molecule has 2 aliphatic heterocycles. The molecule has 2 fully saturated rings. The van der Waals surface area contributed by atoms with Crippen LogP contribution in [-0.2, 0) is 15.1 Å². The van der Waals surface area contributed by atoms with Crippen LogP contribution in [0.2, 0.25) is 0 Å². The Hall–Kier alpha value is -2.77. The molecule has 0 radical (unpaired) electrons. The molecule has 4 rings (SSSR count). The minimum Gasteiger partial charge on any atom is -0.486 e. The second-order valence-corrected chi connectivity index (χ2v) is 8.24. The molecule has 0 bridgehead atoms. The van der Waals surface area contributed by atoms with Gasteiger partial charge in [0.2, 0.25) is 5.91 Å². The number of benzene rings is 1. The molecule has 1 aromatic carbocycles. The lowest BCUT2D eigenvalue weighted by Gasteiger charge is -2.30. The van der Waals surface area contributed by atoms with Gasteiger partial charge in [-0.2, -0.15) is 0 Å². The first-order chi connectivity index (χ1) is 13.9. The summed E-state index contributed by atoms with van der Waals surface area (Å²) in [6, 6.07) is 4.70. The Morgan fingerprint density at radius 3 is 2.69 bits per heavy atom. The van der Waals surface area contributed by atoms with Crippen LogP contribution in [-0.4, -0.2) is 48.5 Å². The van der Waals surface area contributed by atoms with Gasteiger partial charge in [0.05, 0.1) is 0 Å². The first-order valence-electron chi connectivity index (χ1n) is 10.2. The number of rotatable bonds is 4. The highest BCUT2D eigenvalue weighted by Gasteiger charge is 2.50. The third kappa shape index (κ3) is 3.63. The Morgan fingerprint density at radius 2 is 1.93 bits per heavy atom. The van der Waals surface area contributed by atoms with Gasteiger partial charge in [0, 0.05) is 6.04 Å². The number of nitrogens with one attached hydrogen (secondary N) is 2. The van der Waals surface area contributed by atoms with Crippen molar-refractivity contribution in [3.8, 4) is 11.5 Å². The summed E-state index contributed by atoms with van der Waals surface area (Å²) in [5.41, 5.74) is -0.672. The molecule has 3 aliphatic rings. The van der Waals surface area contributed by atoms with Crippen LogP contribution in [0.25, 0.3) is 0 Å². The van der Waals surface area contributed by atoms with Crippen LogP contribution in [0, 0.1) is 5.92 Å². The topological polar surface area (TPSA) is 97.0 Å². The number of hydrogen-bond acceptors (Lipinski definition) is 5. The van der Waals surface area contributed by atoms with E-state index in [1.54, 1.807) is 25.1 Å². The van der Waals surface area contributed by atoms with Crippen LogP contribution in [0.15, 0.2) is 18.2 Å². The van der Waals surface area contributed by atoms with Gasteiger partial charge in [-0.3, -0.25) is 14.5 Å². The van der Waals surface area contributed by atoms with Gasteiger partial charge in [-0.1, -0.05) is 25.8 Å². The highest BCUT2D eigenvalue weighted by Crippen LogP contribution is 2.36. The second kappa shape index (κ2) is 7.57. The van der Waals surface area contributed by atoms with Crippen LogP contribution < -0.4 is 20.1 Å². The molecular weight excluding hydrogens is 374 g/mol. The van der Waals surface area contributed by atoms with E-state index in [0.717, 1.165) is 24.2 Å². The normalized spacial score (nSPS) is 28.8. The molecule has 1 saturated carbocycles. The Bertz CT molecular complexity index is 842. The molecule has 2 N–H and O–H groups in total. The Balaban J connectivity index is 1.47. The van der Waals surface area contributed by atoms with Crippen molar-refractivity contribution in [1.82, 2.24) is 15.5 Å². The lowest BCUT2D eigenvalue weighted by Crippen LogP contribution is -2.47. The van der Waals surface area contributed by atoms with Crippen molar-refractivity contribution < 1.29 is 23.9 Å². The molecule has 4 amide bonds. The molecular formula is C21H27N3O5. The number of imide groups is 1. The molecule has 0 unspecified atom stereocenters. The van der Waals surface area contributed by atoms with Crippen LogP contribution in [0.5, 0.6) is 11.5 Å². The summed E-state index contributed by atoms with van der Waals surface area (Å²) in [6.07, 6.45) is 4.27. The number of amides is 4. The van der Waals surface area contributed by atoms with Gasteiger partial charge in [0.15, 0.2) is 11.5 Å². The van der Waals surface area contributed by atoms with Gasteiger partial charge < -0.3 is 20.1 Å². The summed E-state index contributed by atoms with van der Waals surface area (Å²) in [5.74, 6) is 0.793. The van der Waals surface area contributed by atoms with Gasteiger partial charge in [-0.05, 0) is 43.4 Å². The molecule has 1 aromatic rings. The number of fused-ring (bicyclic) bond motifs is 1. The van der Waals surface area contributed by atoms with E-state index in [4.69, 9.17) is 9.47 Å². The summed E-state index contributed by atoms with van der Waals surface area (Å²) in [4.78, 5) is 39.1. The highest BCUT2D eigenvalue weighted by atomic mass is 16.6. The molecule has 156 valence electrons. The molecule has 1 aliphatic carbocycles. The Kier molecular flexibility index (Phi) is 5.10. The van der Waals surface area contributed by atoms with E-state index in [9.17, 15) is 14.4 Å². The van der Waals surface area contributed by atoms with Crippen molar-refractivity contribution in [3.63, 3.8) is 0 Å². The van der Waals surface area contributed by atoms with E-state index in [1.165, 1.54) is 6.42 Å². The summed E-state index contributed by atoms with van der Waals surface area (Å²) >= 11 is 0. The van der Waals surface area contributed by atoms with Gasteiger partial charge in [-0.25, -0.2) is 4.79 Å². The predicted molar refractivity (Wildman–Crippen MR) is 105 cm³/mol. The lowest BCUT2D eigenvalue weighted by atomic mass is 9.86. The smallest absolute Gasteiger partial charge is 0.325 e. The van der Waals surface area contributed by atoms with Gasteiger partial charge in [0.1, 0.15) is 25.3 Å². The third-order valence-corrected chi connectivity index (χ3v) is 6.15. The maximum absolute atomic E-state index is 13.1. The number of urea groups is 1. The fraction of sp³-hybridized carbons (Fsp3) is 0.571. The Morgan fingerprint density at radius 1 is 1.21 bits per heavy atom. The summed E-state index contributed by atoms with van der Waals surface area (Å²) in [7, 11) is 0. The number of nitrogens with zero attached hydrogens (tertiary/aromatic N) is 1. The van der Waals surface area contributed by atoms with Gasteiger partial charge >= 0.3 is 6.03 Å². The Labute approximate surface area is 169 Å². The van der Waals surface area contributed by atoms with Crippen molar-refractivity contribution in [3.05, 3.63) is 23.8 Å². The first kappa shape index (κ1) is 19.5. The van der Waals surface area contributed by atoms with Crippen molar-refractivity contribution in [2.45, 2.75) is 51.1 Å². The fourth-order valence-corrected chi connectivity index (χ4v) is 4.32. The summed E-state index contributed by atoms with van der Waals surface area (Å²) in [6.45, 7) is 4.38. The molecule has 1 saturated heterocycles. The van der Waals surface area contributed by atoms with Crippen molar-refractivity contribution in [2.24, 2.45) is 5.92 Å². The fourth-order valence-electron chi connectivity index (χ4n) is 4.32. The maximum Gasteiger partial charge on any atom is 0.325 e. The van der Waals surface area contributed by atoms with Crippen molar-refractivity contribution in [1.29, 1.82) is 0 Å². The molecule has 0 aromatic heterocycles. The van der Waals surface area contributed by atoms with Crippen LogP contribution >= 0.6 is 0 Å².